The largest absolute Gasteiger partial charge is 0.323 e. The average molecular weight is 341 g/mol. The maximum absolute atomic E-state index is 14.2. The molecule has 0 aliphatic carbocycles. The van der Waals surface area contributed by atoms with Crippen molar-refractivity contribution in [1.29, 1.82) is 0 Å². The van der Waals surface area contributed by atoms with Gasteiger partial charge < -0.3 is 4.90 Å². The lowest BCUT2D eigenvalue weighted by molar-refractivity contribution is 0.605. The van der Waals surface area contributed by atoms with Gasteiger partial charge in [0.2, 0.25) is 5.28 Å². The van der Waals surface area contributed by atoms with Gasteiger partial charge in [-0.2, -0.15) is 4.98 Å². The second-order valence-corrected chi connectivity index (χ2v) is 5.97. The number of aromatic nitrogens is 3. The van der Waals surface area contributed by atoms with Gasteiger partial charge in [-0.3, -0.25) is 4.98 Å². The molecule has 6 heteroatoms. The Bertz CT molecular complexity index is 885. The van der Waals surface area contributed by atoms with E-state index in [2.05, 4.69) is 15.0 Å². The molecule has 4 nitrogen and oxygen atoms in total. The van der Waals surface area contributed by atoms with Crippen LogP contribution in [0.3, 0.4) is 0 Å². The van der Waals surface area contributed by atoms with Crippen LogP contribution in [0, 0.1) is 5.82 Å². The van der Waals surface area contributed by atoms with Gasteiger partial charge in [0.25, 0.3) is 0 Å². The van der Waals surface area contributed by atoms with Crippen LogP contribution in [0.4, 0.5) is 15.9 Å². The molecule has 0 N–H and O–H groups in total. The van der Waals surface area contributed by atoms with Crippen molar-refractivity contribution in [2.75, 3.05) is 11.4 Å². The molecule has 3 aromatic rings. The van der Waals surface area contributed by atoms with Crippen molar-refractivity contribution in [3.8, 4) is 11.3 Å². The zero-order valence-electron chi connectivity index (χ0n) is 12.8. The first-order valence-corrected chi connectivity index (χ1v) is 8.10. The fourth-order valence-electron chi connectivity index (χ4n) is 2.98. The van der Waals surface area contributed by atoms with E-state index >= 15 is 0 Å². The quantitative estimate of drug-likeness (QED) is 0.648. The summed E-state index contributed by atoms with van der Waals surface area (Å²) in [5.74, 6) is -0.272. The van der Waals surface area contributed by atoms with Crippen LogP contribution in [0.1, 0.15) is 12.0 Å². The monoisotopic (exact) mass is 340 g/mol. The fraction of sp³-hybridized carbons (Fsp3) is 0.167. The highest BCUT2D eigenvalue weighted by Gasteiger charge is 2.23. The van der Waals surface area contributed by atoms with Gasteiger partial charge in [-0.1, -0.05) is 30.3 Å². The Hall–Kier alpha value is -2.53. The van der Waals surface area contributed by atoms with Crippen molar-refractivity contribution in [1.82, 2.24) is 15.0 Å². The topological polar surface area (TPSA) is 41.9 Å². The van der Waals surface area contributed by atoms with E-state index < -0.39 is 5.82 Å². The summed E-state index contributed by atoms with van der Waals surface area (Å²) >= 11 is 5.86. The molecular weight excluding hydrogens is 327 g/mol. The van der Waals surface area contributed by atoms with E-state index in [9.17, 15) is 4.39 Å². The maximum Gasteiger partial charge on any atom is 0.224 e. The summed E-state index contributed by atoms with van der Waals surface area (Å²) in [6.07, 6.45) is 4.79. The number of fused-ring (bicyclic) bond motifs is 1. The zero-order chi connectivity index (χ0) is 16.5. The minimum Gasteiger partial charge on any atom is -0.323 e. The van der Waals surface area contributed by atoms with E-state index in [4.69, 9.17) is 11.6 Å². The molecule has 0 saturated carbocycles. The van der Waals surface area contributed by atoms with Gasteiger partial charge in [-0.15, -0.1) is 0 Å². The number of hydrogen-bond acceptors (Lipinski definition) is 4. The van der Waals surface area contributed by atoms with Crippen LogP contribution >= 0.6 is 11.6 Å². The molecule has 1 aromatic carbocycles. The van der Waals surface area contributed by atoms with E-state index in [1.807, 2.05) is 47.5 Å². The van der Waals surface area contributed by atoms with Gasteiger partial charge in [0.05, 0.1) is 11.9 Å². The lowest BCUT2D eigenvalue weighted by atomic mass is 10.0. The number of pyridine rings is 1. The summed E-state index contributed by atoms with van der Waals surface area (Å²) in [5, 5.41) is 0.0378. The first-order valence-electron chi connectivity index (χ1n) is 7.72. The van der Waals surface area contributed by atoms with E-state index in [-0.39, 0.29) is 11.1 Å². The summed E-state index contributed by atoms with van der Waals surface area (Å²) < 4.78 is 14.2. The van der Waals surface area contributed by atoms with E-state index in [0.717, 1.165) is 41.5 Å². The maximum atomic E-state index is 14.2. The molecule has 0 saturated heterocycles. The van der Waals surface area contributed by atoms with Crippen LogP contribution in [-0.4, -0.2) is 21.5 Å². The number of anilines is 2. The lowest BCUT2D eigenvalue weighted by Gasteiger charge is -2.30. The molecule has 1 aliphatic heterocycles. The van der Waals surface area contributed by atoms with Crippen molar-refractivity contribution >= 4 is 23.1 Å². The molecule has 24 heavy (non-hydrogen) atoms. The second kappa shape index (κ2) is 6.17. The summed E-state index contributed by atoms with van der Waals surface area (Å²) in [6, 6.07) is 11.9. The summed E-state index contributed by atoms with van der Waals surface area (Å²) in [5.41, 5.74) is 3.87. The number of benzene rings is 1. The molecule has 0 atom stereocenters. The van der Waals surface area contributed by atoms with Crippen molar-refractivity contribution in [3.05, 3.63) is 65.5 Å². The molecule has 0 spiro atoms. The van der Waals surface area contributed by atoms with Crippen LogP contribution in [0.2, 0.25) is 5.28 Å². The molecule has 0 amide bonds. The van der Waals surface area contributed by atoms with Gasteiger partial charge >= 0.3 is 0 Å². The van der Waals surface area contributed by atoms with Crippen molar-refractivity contribution in [2.24, 2.45) is 0 Å². The third-order valence-corrected chi connectivity index (χ3v) is 4.28. The van der Waals surface area contributed by atoms with E-state index in [1.165, 1.54) is 0 Å². The molecular formula is C18H14ClFN4. The van der Waals surface area contributed by atoms with Gasteiger partial charge in [-0.05, 0) is 36.1 Å². The fourth-order valence-corrected chi connectivity index (χ4v) is 3.11. The van der Waals surface area contributed by atoms with Crippen LogP contribution < -0.4 is 4.90 Å². The lowest BCUT2D eigenvalue weighted by Crippen LogP contribution is -2.26. The number of nitrogens with zero attached hydrogens (tertiary/aromatic N) is 4. The third kappa shape index (κ3) is 2.71. The van der Waals surface area contributed by atoms with Crippen LogP contribution in [0.15, 0.2) is 48.8 Å². The van der Waals surface area contributed by atoms with E-state index in [1.54, 1.807) is 0 Å². The molecule has 0 bridgehead atoms. The molecule has 3 heterocycles. The van der Waals surface area contributed by atoms with Crippen molar-refractivity contribution < 1.29 is 4.39 Å². The molecule has 2 aromatic heterocycles. The summed E-state index contributed by atoms with van der Waals surface area (Å²) in [4.78, 5) is 14.2. The SMILES string of the molecule is Fc1cnc(Cl)nc1N1CCCc2cnc(-c3ccccc3)cc21. The van der Waals surface area contributed by atoms with Gasteiger partial charge in [0.1, 0.15) is 0 Å². The summed E-state index contributed by atoms with van der Waals surface area (Å²) in [7, 11) is 0. The van der Waals surface area contributed by atoms with Gasteiger partial charge in [0, 0.05) is 24.0 Å². The highest BCUT2D eigenvalue weighted by Crippen LogP contribution is 2.35. The van der Waals surface area contributed by atoms with Crippen LogP contribution in [-0.2, 0) is 6.42 Å². The minimum absolute atomic E-state index is 0.0378. The molecule has 4 rings (SSSR count). The smallest absolute Gasteiger partial charge is 0.224 e. The Kier molecular flexibility index (Phi) is 3.86. The number of hydrogen-bond donors (Lipinski definition) is 0. The molecule has 0 radical (unpaired) electrons. The molecule has 1 aliphatic rings. The minimum atomic E-state index is -0.481. The predicted octanol–water partition coefficient (Wildman–Crippen LogP) is 4.42. The average Bonchev–Trinajstić information content (AvgIpc) is 2.63. The first kappa shape index (κ1) is 15.0. The molecule has 0 unspecified atom stereocenters. The summed E-state index contributed by atoms with van der Waals surface area (Å²) in [6.45, 7) is 0.676. The zero-order valence-corrected chi connectivity index (χ0v) is 13.5. The van der Waals surface area contributed by atoms with Crippen LogP contribution in [0.5, 0.6) is 0 Å². The number of rotatable bonds is 2. The van der Waals surface area contributed by atoms with Crippen LogP contribution in [0.25, 0.3) is 11.3 Å². The highest BCUT2D eigenvalue weighted by molar-refractivity contribution is 6.28. The molecule has 120 valence electrons. The van der Waals surface area contributed by atoms with Crippen molar-refractivity contribution in [2.45, 2.75) is 12.8 Å². The Morgan fingerprint density at radius 3 is 2.75 bits per heavy atom. The normalized spacial score (nSPS) is 13.7. The third-order valence-electron chi connectivity index (χ3n) is 4.10. The number of aryl methyl sites for hydroxylation is 1. The van der Waals surface area contributed by atoms with E-state index in [0.29, 0.717) is 6.54 Å². The Balaban J connectivity index is 1.83. The van der Waals surface area contributed by atoms with Crippen molar-refractivity contribution in [3.63, 3.8) is 0 Å². The molecule has 0 fully saturated rings. The van der Waals surface area contributed by atoms with Gasteiger partial charge in [0.15, 0.2) is 11.6 Å². The van der Waals surface area contributed by atoms with Gasteiger partial charge in [-0.25, -0.2) is 9.37 Å². The standard InChI is InChI=1S/C18H14ClFN4/c19-18-22-11-14(20)17(23-18)24-8-4-7-13-10-21-15(9-16(13)24)12-5-2-1-3-6-12/h1-3,5-6,9-11H,4,7-8H2. The second-order valence-electron chi connectivity index (χ2n) is 5.63. The highest BCUT2D eigenvalue weighted by atomic mass is 35.5. The number of halogens is 2. The first-order chi connectivity index (χ1) is 11.7. The predicted molar refractivity (Wildman–Crippen MR) is 92.0 cm³/mol. The Labute approximate surface area is 144 Å². The Morgan fingerprint density at radius 1 is 1.08 bits per heavy atom. The Morgan fingerprint density at radius 2 is 1.92 bits per heavy atom.